The molecule has 0 aliphatic heterocycles. The number of hydrogen-bond donors (Lipinski definition) is 1. The molecule has 110 valence electrons. The van der Waals surface area contributed by atoms with E-state index in [1.165, 1.54) is 12.8 Å². The Balaban J connectivity index is 1.63. The molecule has 3 atom stereocenters. The Morgan fingerprint density at radius 3 is 2.84 bits per heavy atom. The van der Waals surface area contributed by atoms with Crippen LogP contribution in [0.15, 0.2) is 11.6 Å². The van der Waals surface area contributed by atoms with Gasteiger partial charge in [-0.05, 0) is 43.4 Å². The fourth-order valence-electron chi connectivity index (χ4n) is 3.50. The van der Waals surface area contributed by atoms with Crippen LogP contribution in [0.1, 0.15) is 40.0 Å². The van der Waals surface area contributed by atoms with E-state index in [9.17, 15) is 0 Å². The molecule has 1 saturated carbocycles. The Morgan fingerprint density at radius 1 is 1.42 bits per heavy atom. The summed E-state index contributed by atoms with van der Waals surface area (Å²) in [5, 5.41) is 8.67. The topological polar surface area (TPSA) is 38.7 Å². The number of aliphatic hydroxyl groups is 1. The Labute approximate surface area is 117 Å². The molecule has 3 rings (SSSR count). The van der Waals surface area contributed by atoms with Crippen LogP contribution in [-0.4, -0.2) is 37.6 Å². The van der Waals surface area contributed by atoms with Crippen LogP contribution in [0.3, 0.4) is 0 Å². The zero-order valence-electron chi connectivity index (χ0n) is 12.5. The van der Waals surface area contributed by atoms with Gasteiger partial charge in [0.1, 0.15) is 0 Å². The van der Waals surface area contributed by atoms with Gasteiger partial charge in [-0.25, -0.2) is 0 Å². The van der Waals surface area contributed by atoms with Gasteiger partial charge in [-0.15, -0.1) is 0 Å². The Morgan fingerprint density at radius 2 is 2.21 bits per heavy atom. The summed E-state index contributed by atoms with van der Waals surface area (Å²) >= 11 is 0. The first-order valence-electron chi connectivity index (χ1n) is 7.54. The molecule has 0 aromatic heterocycles. The first-order chi connectivity index (χ1) is 9.05. The zero-order chi connectivity index (χ0) is 13.9. The van der Waals surface area contributed by atoms with E-state index in [4.69, 9.17) is 14.6 Å². The summed E-state index contributed by atoms with van der Waals surface area (Å²) < 4.78 is 11.0. The summed E-state index contributed by atoms with van der Waals surface area (Å²) in [5.41, 5.74) is 2.12. The van der Waals surface area contributed by atoms with Crippen molar-refractivity contribution in [3.05, 3.63) is 11.6 Å². The van der Waals surface area contributed by atoms with E-state index < -0.39 is 0 Å². The summed E-state index contributed by atoms with van der Waals surface area (Å²) in [7, 11) is 0. The highest BCUT2D eigenvalue weighted by atomic mass is 16.5. The number of rotatable bonds is 8. The van der Waals surface area contributed by atoms with Crippen molar-refractivity contribution in [3.8, 4) is 0 Å². The van der Waals surface area contributed by atoms with Crippen molar-refractivity contribution in [2.24, 2.45) is 17.3 Å². The minimum absolute atomic E-state index is 0.0667. The number of ether oxygens (including phenoxy) is 2. The molecule has 0 aromatic carbocycles. The maximum atomic E-state index is 8.67. The fraction of sp³-hybridized carbons (Fsp3) is 0.875. The van der Waals surface area contributed by atoms with Gasteiger partial charge in [-0.2, -0.15) is 0 Å². The third-order valence-corrected chi connectivity index (χ3v) is 4.96. The molecule has 0 spiro atoms. The summed E-state index contributed by atoms with van der Waals surface area (Å²) in [5.74, 6) is 1.70. The van der Waals surface area contributed by atoms with Crippen molar-refractivity contribution in [3.63, 3.8) is 0 Å². The molecule has 3 aliphatic rings. The summed E-state index contributed by atoms with van der Waals surface area (Å²) in [4.78, 5) is 0. The van der Waals surface area contributed by atoms with Crippen LogP contribution in [-0.2, 0) is 9.47 Å². The Kier molecular flexibility index (Phi) is 5.04. The molecule has 2 bridgehead atoms. The van der Waals surface area contributed by atoms with E-state index in [0.29, 0.717) is 18.6 Å². The Bertz CT molecular complexity index is 322. The van der Waals surface area contributed by atoms with E-state index in [0.717, 1.165) is 24.9 Å². The lowest BCUT2D eigenvalue weighted by Crippen LogP contribution is -2.48. The van der Waals surface area contributed by atoms with Crippen molar-refractivity contribution in [2.75, 3.05) is 26.4 Å². The standard InChI is InChI=1S/C16H28O3/c1-12(19-9-7-17)11-18-8-6-13-4-5-14-10-15(13)16(14,2)3/h4,12,14-15,17H,5-11H2,1-3H3. The average Bonchev–Trinajstić information content (AvgIpc) is 2.41. The third kappa shape index (κ3) is 3.39. The lowest BCUT2D eigenvalue weighted by molar-refractivity contribution is -0.0258. The van der Waals surface area contributed by atoms with Crippen LogP contribution < -0.4 is 0 Å². The number of hydrogen-bond acceptors (Lipinski definition) is 3. The molecule has 0 saturated heterocycles. The van der Waals surface area contributed by atoms with Crippen LogP contribution in [0.25, 0.3) is 0 Å². The van der Waals surface area contributed by atoms with Crippen molar-refractivity contribution >= 4 is 0 Å². The molecule has 19 heavy (non-hydrogen) atoms. The molecule has 3 nitrogen and oxygen atoms in total. The molecule has 0 aromatic rings. The lowest BCUT2D eigenvalue weighted by atomic mass is 9.48. The van der Waals surface area contributed by atoms with Crippen molar-refractivity contribution in [2.45, 2.75) is 46.1 Å². The molecular formula is C16H28O3. The molecule has 0 radical (unpaired) electrons. The van der Waals surface area contributed by atoms with Gasteiger partial charge >= 0.3 is 0 Å². The highest BCUT2D eigenvalue weighted by Crippen LogP contribution is 2.59. The monoisotopic (exact) mass is 268 g/mol. The third-order valence-electron chi connectivity index (χ3n) is 4.96. The first-order valence-corrected chi connectivity index (χ1v) is 7.54. The van der Waals surface area contributed by atoms with Crippen LogP contribution in [0.5, 0.6) is 0 Å². The molecule has 0 heterocycles. The van der Waals surface area contributed by atoms with Crippen molar-refractivity contribution in [1.29, 1.82) is 0 Å². The minimum Gasteiger partial charge on any atom is -0.394 e. The summed E-state index contributed by atoms with van der Waals surface area (Å²) in [6.07, 6.45) is 6.22. The summed E-state index contributed by atoms with van der Waals surface area (Å²) in [6.45, 7) is 8.67. The molecular weight excluding hydrogens is 240 g/mol. The summed E-state index contributed by atoms with van der Waals surface area (Å²) in [6, 6.07) is 0. The quantitative estimate of drug-likeness (QED) is 0.543. The molecule has 1 N–H and O–H groups in total. The second-order valence-electron chi connectivity index (χ2n) is 6.55. The lowest BCUT2D eigenvalue weighted by Gasteiger charge is -2.56. The van der Waals surface area contributed by atoms with E-state index in [1.807, 2.05) is 6.92 Å². The van der Waals surface area contributed by atoms with Gasteiger partial charge in [0, 0.05) is 0 Å². The molecule has 1 fully saturated rings. The maximum Gasteiger partial charge on any atom is 0.0781 e. The molecule has 3 aliphatic carbocycles. The number of fused-ring (bicyclic) bond motifs is 1. The average molecular weight is 268 g/mol. The first kappa shape index (κ1) is 15.0. The van der Waals surface area contributed by atoms with Gasteiger partial charge in [0.25, 0.3) is 0 Å². The molecule has 3 unspecified atom stereocenters. The highest BCUT2D eigenvalue weighted by Gasteiger charge is 2.50. The minimum atomic E-state index is 0.0667. The molecule has 0 amide bonds. The van der Waals surface area contributed by atoms with Gasteiger partial charge in [-0.1, -0.05) is 25.5 Å². The van der Waals surface area contributed by atoms with E-state index >= 15 is 0 Å². The van der Waals surface area contributed by atoms with Gasteiger partial charge < -0.3 is 14.6 Å². The zero-order valence-corrected chi connectivity index (χ0v) is 12.5. The highest BCUT2D eigenvalue weighted by molar-refractivity contribution is 5.23. The van der Waals surface area contributed by atoms with Gasteiger partial charge in [-0.3, -0.25) is 0 Å². The second-order valence-corrected chi connectivity index (χ2v) is 6.55. The second kappa shape index (κ2) is 6.38. The number of allylic oxidation sites excluding steroid dienone is 1. The van der Waals surface area contributed by atoms with Gasteiger partial charge in [0.2, 0.25) is 0 Å². The van der Waals surface area contributed by atoms with E-state index in [-0.39, 0.29) is 12.7 Å². The fourth-order valence-corrected chi connectivity index (χ4v) is 3.50. The predicted octanol–water partition coefficient (Wildman–Crippen LogP) is 2.78. The normalized spacial score (nSPS) is 29.6. The Hall–Kier alpha value is -0.380. The van der Waals surface area contributed by atoms with Crippen LogP contribution >= 0.6 is 0 Å². The van der Waals surface area contributed by atoms with Gasteiger partial charge in [0.05, 0.1) is 32.5 Å². The van der Waals surface area contributed by atoms with Crippen LogP contribution in [0.2, 0.25) is 0 Å². The van der Waals surface area contributed by atoms with E-state index in [1.54, 1.807) is 5.57 Å². The predicted molar refractivity (Wildman–Crippen MR) is 76.0 cm³/mol. The SMILES string of the molecule is CC(COCCC1=CCC2CC1C2(C)C)OCCO. The van der Waals surface area contributed by atoms with Crippen LogP contribution in [0, 0.1) is 17.3 Å². The smallest absolute Gasteiger partial charge is 0.0781 e. The van der Waals surface area contributed by atoms with Crippen molar-refractivity contribution < 1.29 is 14.6 Å². The largest absolute Gasteiger partial charge is 0.394 e. The van der Waals surface area contributed by atoms with Crippen LogP contribution in [0.4, 0.5) is 0 Å². The maximum absolute atomic E-state index is 8.67. The van der Waals surface area contributed by atoms with Crippen molar-refractivity contribution in [1.82, 2.24) is 0 Å². The van der Waals surface area contributed by atoms with E-state index in [2.05, 4.69) is 19.9 Å². The van der Waals surface area contributed by atoms with Gasteiger partial charge in [0.15, 0.2) is 0 Å². The number of aliphatic hydroxyl groups excluding tert-OH is 1. The molecule has 3 heteroatoms.